The molecule has 6 heterocycles. The molecule has 0 aliphatic carbocycles. The predicted octanol–water partition coefficient (Wildman–Crippen LogP) is 1.38. The molecule has 31 heavy (non-hydrogen) atoms. The van der Waals surface area contributed by atoms with Gasteiger partial charge < -0.3 is 24.5 Å². The Bertz CT molecular complexity index is 1080. The zero-order valence-corrected chi connectivity index (χ0v) is 17.3. The number of hydrogen-bond acceptors (Lipinski definition) is 9. The van der Waals surface area contributed by atoms with Crippen LogP contribution in [0.2, 0.25) is 0 Å². The molecule has 3 N–H and O–H groups in total. The number of hydrogen-bond donors (Lipinski definition) is 3. The predicted molar refractivity (Wildman–Crippen MR) is 116 cm³/mol. The third-order valence-electron chi connectivity index (χ3n) is 6.11. The van der Waals surface area contributed by atoms with Crippen molar-refractivity contribution in [3.8, 4) is 17.1 Å². The second kappa shape index (κ2) is 7.95. The Balaban J connectivity index is 1.26. The van der Waals surface area contributed by atoms with Gasteiger partial charge in [-0.3, -0.25) is 5.43 Å². The fraction of sp³-hybridized carbons (Fsp3) is 0.476. The zero-order valence-electron chi connectivity index (χ0n) is 17.3. The van der Waals surface area contributed by atoms with E-state index in [-0.39, 0.29) is 6.04 Å². The summed E-state index contributed by atoms with van der Waals surface area (Å²) < 4.78 is 13.1. The van der Waals surface area contributed by atoms with Gasteiger partial charge in [-0.25, -0.2) is 20.0 Å². The van der Waals surface area contributed by atoms with Gasteiger partial charge >= 0.3 is 0 Å². The Kier molecular flexibility index (Phi) is 4.82. The van der Waals surface area contributed by atoms with Crippen LogP contribution >= 0.6 is 0 Å². The standard InChI is InChI=1S/C21H26N8O2/c1-6-30-7-2-16(1)29-12-15(11-25-29)26-19-20-23-3-5-28(20)13-18(27-19)14-9-17-21(24-10-14)31-8-4-22-17/h3,5,9-10,13,15-16,22,25H,1-2,4,6-8,11-12H2,(H,26,27). The van der Waals surface area contributed by atoms with Crippen LogP contribution in [0.1, 0.15) is 12.8 Å². The number of nitrogens with one attached hydrogen (secondary N) is 3. The Morgan fingerprint density at radius 3 is 3.03 bits per heavy atom. The number of nitrogens with zero attached hydrogens (tertiary/aromatic N) is 5. The molecule has 1 atom stereocenters. The highest BCUT2D eigenvalue weighted by molar-refractivity contribution is 5.72. The van der Waals surface area contributed by atoms with Crippen LogP contribution in [0.5, 0.6) is 5.88 Å². The first kappa shape index (κ1) is 18.8. The van der Waals surface area contributed by atoms with E-state index in [9.17, 15) is 0 Å². The van der Waals surface area contributed by atoms with Crippen molar-refractivity contribution in [3.05, 3.63) is 30.9 Å². The average molecular weight is 422 g/mol. The molecule has 3 aliphatic heterocycles. The van der Waals surface area contributed by atoms with Crippen LogP contribution in [0.15, 0.2) is 30.9 Å². The monoisotopic (exact) mass is 422 g/mol. The molecule has 6 rings (SSSR count). The minimum absolute atomic E-state index is 0.253. The molecule has 3 aromatic rings. The van der Waals surface area contributed by atoms with Crippen molar-refractivity contribution < 1.29 is 9.47 Å². The largest absolute Gasteiger partial charge is 0.474 e. The number of hydrazine groups is 1. The van der Waals surface area contributed by atoms with E-state index in [2.05, 4.69) is 31.0 Å². The second-order valence-corrected chi connectivity index (χ2v) is 8.18. The molecule has 3 aliphatic rings. The van der Waals surface area contributed by atoms with Gasteiger partial charge in [0, 0.05) is 69.2 Å². The van der Waals surface area contributed by atoms with E-state index in [1.165, 1.54) is 0 Å². The third kappa shape index (κ3) is 3.67. The summed E-state index contributed by atoms with van der Waals surface area (Å²) in [6, 6.07) is 2.82. The highest BCUT2D eigenvalue weighted by Gasteiger charge is 2.30. The average Bonchev–Trinajstić information content (AvgIpc) is 3.49. The van der Waals surface area contributed by atoms with Gasteiger partial charge in [-0.05, 0) is 18.9 Å². The quantitative estimate of drug-likeness (QED) is 0.576. The molecule has 1 unspecified atom stereocenters. The van der Waals surface area contributed by atoms with Gasteiger partial charge in [0.2, 0.25) is 5.88 Å². The second-order valence-electron chi connectivity index (χ2n) is 8.18. The van der Waals surface area contributed by atoms with Crippen molar-refractivity contribution in [1.82, 2.24) is 29.8 Å². The Morgan fingerprint density at radius 2 is 2.10 bits per heavy atom. The number of rotatable bonds is 4. The molecule has 0 amide bonds. The third-order valence-corrected chi connectivity index (χ3v) is 6.11. The number of imidazole rings is 1. The van der Waals surface area contributed by atoms with Crippen molar-refractivity contribution in [2.45, 2.75) is 24.9 Å². The minimum Gasteiger partial charge on any atom is -0.474 e. The van der Waals surface area contributed by atoms with Crippen molar-refractivity contribution in [1.29, 1.82) is 0 Å². The maximum atomic E-state index is 5.60. The summed E-state index contributed by atoms with van der Waals surface area (Å²) >= 11 is 0. The Labute approximate surface area is 180 Å². The van der Waals surface area contributed by atoms with Gasteiger partial charge in [0.15, 0.2) is 11.5 Å². The van der Waals surface area contributed by atoms with E-state index < -0.39 is 0 Å². The molecule has 162 valence electrons. The normalized spacial score (nSPS) is 22.1. The molecular formula is C21H26N8O2. The minimum atomic E-state index is 0.253. The molecule has 10 nitrogen and oxygen atoms in total. The summed E-state index contributed by atoms with van der Waals surface area (Å²) in [6.07, 6.45) is 9.68. The topological polar surface area (TPSA) is 101 Å². The van der Waals surface area contributed by atoms with Gasteiger partial charge in [0.1, 0.15) is 6.61 Å². The summed E-state index contributed by atoms with van der Waals surface area (Å²) in [6.45, 7) is 4.87. The van der Waals surface area contributed by atoms with Crippen molar-refractivity contribution in [3.63, 3.8) is 0 Å². The SMILES string of the molecule is c1cn2cc(-c3cnc4c(c3)NCCO4)nc(NC3CNN(C4CCOCC4)C3)c2n1. The fourth-order valence-corrected chi connectivity index (χ4v) is 4.49. The molecular weight excluding hydrogens is 396 g/mol. The van der Waals surface area contributed by atoms with Gasteiger partial charge in [-0.2, -0.15) is 0 Å². The fourth-order valence-electron chi connectivity index (χ4n) is 4.49. The molecule has 3 aromatic heterocycles. The van der Waals surface area contributed by atoms with E-state index in [1.54, 1.807) is 6.20 Å². The van der Waals surface area contributed by atoms with Gasteiger partial charge in [0.25, 0.3) is 0 Å². The highest BCUT2D eigenvalue weighted by atomic mass is 16.5. The van der Waals surface area contributed by atoms with E-state index in [0.717, 1.165) is 74.1 Å². The smallest absolute Gasteiger partial charge is 0.237 e. The number of pyridine rings is 1. The first-order chi connectivity index (χ1) is 15.3. The summed E-state index contributed by atoms with van der Waals surface area (Å²) in [5, 5.41) is 9.32. The lowest BCUT2D eigenvalue weighted by Crippen LogP contribution is -2.43. The number of anilines is 2. The van der Waals surface area contributed by atoms with Crippen LogP contribution in [-0.2, 0) is 4.74 Å². The molecule has 0 radical (unpaired) electrons. The Hall–Kier alpha value is -2.95. The maximum Gasteiger partial charge on any atom is 0.237 e. The van der Waals surface area contributed by atoms with Crippen LogP contribution in [-0.4, -0.2) is 75.9 Å². The van der Waals surface area contributed by atoms with E-state index in [0.29, 0.717) is 18.5 Å². The van der Waals surface area contributed by atoms with Crippen molar-refractivity contribution >= 4 is 17.2 Å². The van der Waals surface area contributed by atoms with Gasteiger partial charge in [-0.15, -0.1) is 0 Å². The van der Waals surface area contributed by atoms with Crippen LogP contribution < -0.4 is 20.8 Å². The summed E-state index contributed by atoms with van der Waals surface area (Å²) in [7, 11) is 0. The first-order valence-electron chi connectivity index (χ1n) is 10.9. The molecule has 2 fully saturated rings. The Morgan fingerprint density at radius 1 is 1.16 bits per heavy atom. The number of aromatic nitrogens is 4. The molecule has 0 saturated carbocycles. The zero-order chi connectivity index (χ0) is 20.6. The van der Waals surface area contributed by atoms with Crippen molar-refractivity contribution in [2.75, 3.05) is 50.1 Å². The lowest BCUT2D eigenvalue weighted by molar-refractivity contribution is 0.0265. The molecule has 0 spiro atoms. The van der Waals surface area contributed by atoms with Crippen LogP contribution in [0.4, 0.5) is 11.5 Å². The van der Waals surface area contributed by atoms with E-state index in [4.69, 9.17) is 14.5 Å². The van der Waals surface area contributed by atoms with Crippen molar-refractivity contribution in [2.24, 2.45) is 0 Å². The molecule has 10 heteroatoms. The van der Waals surface area contributed by atoms with Crippen LogP contribution in [0.3, 0.4) is 0 Å². The van der Waals surface area contributed by atoms with Gasteiger partial charge in [0.05, 0.1) is 17.4 Å². The molecule has 2 saturated heterocycles. The number of fused-ring (bicyclic) bond motifs is 2. The van der Waals surface area contributed by atoms with Crippen LogP contribution in [0, 0.1) is 0 Å². The van der Waals surface area contributed by atoms with Gasteiger partial charge in [-0.1, -0.05) is 0 Å². The lowest BCUT2D eigenvalue weighted by Gasteiger charge is -2.30. The summed E-state index contributed by atoms with van der Waals surface area (Å²) in [5.74, 6) is 1.42. The van der Waals surface area contributed by atoms with Crippen LogP contribution in [0.25, 0.3) is 16.9 Å². The lowest BCUT2D eigenvalue weighted by atomic mass is 10.1. The van der Waals surface area contributed by atoms with E-state index in [1.807, 2.05) is 29.1 Å². The van der Waals surface area contributed by atoms with E-state index >= 15 is 0 Å². The highest BCUT2D eigenvalue weighted by Crippen LogP contribution is 2.30. The number of ether oxygens (including phenoxy) is 2. The maximum absolute atomic E-state index is 5.60. The first-order valence-corrected chi connectivity index (χ1v) is 10.9. The molecule has 0 aromatic carbocycles. The molecule has 0 bridgehead atoms. The summed E-state index contributed by atoms with van der Waals surface area (Å²) in [5.41, 5.74) is 7.04. The summed E-state index contributed by atoms with van der Waals surface area (Å²) in [4.78, 5) is 13.9.